The maximum absolute atomic E-state index is 12.1. The molecule has 1 aromatic heterocycles. The van der Waals surface area contributed by atoms with Gasteiger partial charge in [-0.1, -0.05) is 0 Å². The highest BCUT2D eigenvalue weighted by molar-refractivity contribution is 7.12. The van der Waals surface area contributed by atoms with Crippen LogP contribution in [0, 0.1) is 0 Å². The molecular weight excluding hydrogens is 316 g/mol. The molecule has 1 fully saturated rings. The van der Waals surface area contributed by atoms with Gasteiger partial charge in [-0.3, -0.25) is 9.59 Å². The molecule has 0 saturated carbocycles. The Hall–Kier alpha value is -1.89. The predicted molar refractivity (Wildman–Crippen MR) is 87.8 cm³/mol. The van der Waals surface area contributed by atoms with Crippen LogP contribution in [0.3, 0.4) is 0 Å². The summed E-state index contributed by atoms with van der Waals surface area (Å²) in [6, 6.07) is 1.86. The molecule has 0 spiro atoms. The van der Waals surface area contributed by atoms with E-state index >= 15 is 0 Å². The van der Waals surface area contributed by atoms with Crippen molar-refractivity contribution >= 4 is 29.1 Å². The Labute approximate surface area is 139 Å². The second kappa shape index (κ2) is 8.10. The molecule has 0 radical (unpaired) electrons. The Morgan fingerprint density at radius 3 is 2.61 bits per heavy atom. The van der Waals surface area contributed by atoms with Gasteiger partial charge >= 0.3 is 6.09 Å². The van der Waals surface area contributed by atoms with Crippen LogP contribution in [0.15, 0.2) is 11.4 Å². The molecule has 6 nitrogen and oxygen atoms in total. The first kappa shape index (κ1) is 17.5. The fourth-order valence-corrected chi connectivity index (χ4v) is 3.35. The predicted octanol–water partition coefficient (Wildman–Crippen LogP) is 2.23. The van der Waals surface area contributed by atoms with Crippen molar-refractivity contribution in [1.29, 1.82) is 0 Å². The van der Waals surface area contributed by atoms with Crippen molar-refractivity contribution in [3.05, 3.63) is 21.9 Å². The van der Waals surface area contributed by atoms with Gasteiger partial charge in [-0.25, -0.2) is 4.79 Å². The number of ketones is 1. The van der Waals surface area contributed by atoms with Crippen LogP contribution in [0.5, 0.6) is 0 Å². The Kier molecular flexibility index (Phi) is 6.15. The lowest BCUT2D eigenvalue weighted by atomic mass is 10.0. The second-order valence-electron chi connectivity index (χ2n) is 5.58. The van der Waals surface area contributed by atoms with E-state index in [-0.39, 0.29) is 30.2 Å². The molecule has 23 heavy (non-hydrogen) atoms. The number of carbonyl (C=O) groups is 3. The molecule has 2 amide bonds. The lowest BCUT2D eigenvalue weighted by Gasteiger charge is -2.31. The van der Waals surface area contributed by atoms with Crippen molar-refractivity contribution in [3.63, 3.8) is 0 Å². The number of nitrogens with one attached hydrogen (secondary N) is 1. The van der Waals surface area contributed by atoms with Gasteiger partial charge in [0, 0.05) is 19.1 Å². The molecule has 0 atom stereocenters. The molecule has 0 aliphatic carbocycles. The number of likely N-dealkylation sites (tertiary alicyclic amines) is 1. The molecular formula is C16H22N2O4S. The van der Waals surface area contributed by atoms with Gasteiger partial charge in [0.2, 0.25) is 5.91 Å². The van der Waals surface area contributed by atoms with E-state index in [9.17, 15) is 14.4 Å². The number of hydrogen-bond donors (Lipinski definition) is 1. The van der Waals surface area contributed by atoms with Crippen LogP contribution in [-0.2, 0) is 16.0 Å². The third kappa shape index (κ3) is 5.06. The van der Waals surface area contributed by atoms with Crippen molar-refractivity contribution < 1.29 is 19.1 Å². The summed E-state index contributed by atoms with van der Waals surface area (Å²) in [5.41, 5.74) is 0.863. The average molecular weight is 338 g/mol. The van der Waals surface area contributed by atoms with E-state index in [4.69, 9.17) is 4.74 Å². The number of carbonyl (C=O) groups excluding carboxylic acids is 3. The Balaban J connectivity index is 1.76. The molecule has 1 aromatic rings. The van der Waals surface area contributed by atoms with E-state index < -0.39 is 0 Å². The summed E-state index contributed by atoms with van der Waals surface area (Å²) in [7, 11) is 0. The molecule has 0 bridgehead atoms. The monoisotopic (exact) mass is 338 g/mol. The third-order valence-electron chi connectivity index (χ3n) is 3.75. The fraction of sp³-hybridized carbons (Fsp3) is 0.562. The standard InChI is InChI=1S/C16H22N2O4S/c1-3-22-16(21)18-6-4-13(5-7-18)17-15(20)9-12-8-14(11(2)19)23-10-12/h8,10,13H,3-7,9H2,1-2H3,(H,17,20). The van der Waals surface area contributed by atoms with E-state index in [1.807, 2.05) is 5.38 Å². The summed E-state index contributed by atoms with van der Waals surface area (Å²) in [5.74, 6) is -0.0273. The smallest absolute Gasteiger partial charge is 0.409 e. The zero-order valence-electron chi connectivity index (χ0n) is 13.5. The maximum Gasteiger partial charge on any atom is 0.409 e. The van der Waals surface area contributed by atoms with E-state index in [2.05, 4.69) is 5.32 Å². The largest absolute Gasteiger partial charge is 0.450 e. The quantitative estimate of drug-likeness (QED) is 0.835. The highest BCUT2D eigenvalue weighted by Crippen LogP contribution is 2.16. The zero-order valence-corrected chi connectivity index (χ0v) is 14.3. The van der Waals surface area contributed by atoms with Crippen LogP contribution >= 0.6 is 11.3 Å². The second-order valence-corrected chi connectivity index (χ2v) is 6.49. The first-order chi connectivity index (χ1) is 11.0. The minimum absolute atomic E-state index is 0.0213. The zero-order chi connectivity index (χ0) is 16.8. The van der Waals surface area contributed by atoms with E-state index in [1.54, 1.807) is 17.9 Å². The Morgan fingerprint density at radius 1 is 1.35 bits per heavy atom. The number of nitrogens with zero attached hydrogens (tertiary/aromatic N) is 1. The molecule has 2 rings (SSSR count). The number of Topliss-reactive ketones (excluding diaryl/α,β-unsaturated/α-hetero) is 1. The minimum Gasteiger partial charge on any atom is -0.450 e. The van der Waals surface area contributed by atoms with Crippen LogP contribution in [-0.4, -0.2) is 48.4 Å². The lowest BCUT2D eigenvalue weighted by molar-refractivity contribution is -0.121. The van der Waals surface area contributed by atoms with Crippen molar-refractivity contribution in [1.82, 2.24) is 10.2 Å². The van der Waals surface area contributed by atoms with Gasteiger partial charge in [-0.2, -0.15) is 0 Å². The Bertz CT molecular complexity index is 576. The van der Waals surface area contributed by atoms with E-state index in [1.165, 1.54) is 18.3 Å². The van der Waals surface area contributed by atoms with Gasteiger partial charge in [0.25, 0.3) is 0 Å². The molecule has 7 heteroatoms. The summed E-state index contributed by atoms with van der Waals surface area (Å²) in [5, 5.41) is 4.85. The maximum atomic E-state index is 12.1. The van der Waals surface area contributed by atoms with Crippen LogP contribution in [0.4, 0.5) is 4.79 Å². The molecule has 1 N–H and O–H groups in total. The number of ether oxygens (including phenoxy) is 1. The highest BCUT2D eigenvalue weighted by atomic mass is 32.1. The summed E-state index contributed by atoms with van der Waals surface area (Å²) in [6.07, 6.45) is 1.45. The summed E-state index contributed by atoms with van der Waals surface area (Å²) >= 11 is 1.37. The van der Waals surface area contributed by atoms with Crippen LogP contribution < -0.4 is 5.32 Å². The van der Waals surface area contributed by atoms with Gasteiger partial charge < -0.3 is 15.0 Å². The molecule has 0 aromatic carbocycles. The number of amides is 2. The van der Waals surface area contributed by atoms with E-state index in [0.29, 0.717) is 24.6 Å². The summed E-state index contributed by atoms with van der Waals surface area (Å²) in [6.45, 7) is 4.87. The third-order valence-corrected chi connectivity index (χ3v) is 4.83. The average Bonchev–Trinajstić information content (AvgIpc) is 2.96. The molecule has 1 aliphatic heterocycles. The van der Waals surface area contributed by atoms with Crippen LogP contribution in [0.1, 0.15) is 41.9 Å². The first-order valence-corrected chi connectivity index (χ1v) is 8.67. The number of thiophene rings is 1. The molecule has 1 saturated heterocycles. The molecule has 2 heterocycles. The van der Waals surface area contributed by atoms with Gasteiger partial charge in [-0.05, 0) is 43.7 Å². The normalized spacial score (nSPS) is 15.3. The molecule has 1 aliphatic rings. The summed E-state index contributed by atoms with van der Waals surface area (Å²) in [4.78, 5) is 37.3. The van der Waals surface area contributed by atoms with Crippen molar-refractivity contribution in [2.75, 3.05) is 19.7 Å². The number of rotatable bonds is 5. The van der Waals surface area contributed by atoms with Crippen molar-refractivity contribution in [2.45, 2.75) is 39.2 Å². The van der Waals surface area contributed by atoms with Crippen LogP contribution in [0.2, 0.25) is 0 Å². The summed E-state index contributed by atoms with van der Waals surface area (Å²) < 4.78 is 4.97. The number of hydrogen-bond acceptors (Lipinski definition) is 5. The minimum atomic E-state index is -0.285. The fourth-order valence-electron chi connectivity index (χ4n) is 2.54. The van der Waals surface area contributed by atoms with Crippen molar-refractivity contribution in [3.8, 4) is 0 Å². The van der Waals surface area contributed by atoms with E-state index in [0.717, 1.165) is 18.4 Å². The van der Waals surface area contributed by atoms with Gasteiger partial charge in [0.1, 0.15) is 0 Å². The van der Waals surface area contributed by atoms with Crippen LogP contribution in [0.25, 0.3) is 0 Å². The first-order valence-electron chi connectivity index (χ1n) is 7.79. The van der Waals surface area contributed by atoms with Gasteiger partial charge in [-0.15, -0.1) is 11.3 Å². The highest BCUT2D eigenvalue weighted by Gasteiger charge is 2.24. The van der Waals surface area contributed by atoms with Gasteiger partial charge in [0.15, 0.2) is 5.78 Å². The van der Waals surface area contributed by atoms with Gasteiger partial charge in [0.05, 0.1) is 17.9 Å². The molecule has 0 unspecified atom stereocenters. The van der Waals surface area contributed by atoms with Crippen molar-refractivity contribution in [2.24, 2.45) is 0 Å². The molecule has 126 valence electrons. The topological polar surface area (TPSA) is 75.7 Å². The lowest BCUT2D eigenvalue weighted by Crippen LogP contribution is -2.47. The number of piperidine rings is 1. The SMILES string of the molecule is CCOC(=O)N1CCC(NC(=O)Cc2csc(C(C)=O)c2)CC1. The Morgan fingerprint density at radius 2 is 2.04 bits per heavy atom.